The second-order valence-corrected chi connectivity index (χ2v) is 7.16. The van der Waals surface area contributed by atoms with Crippen LogP contribution in [0.1, 0.15) is 24.8 Å². The first-order chi connectivity index (χ1) is 9.44. The van der Waals surface area contributed by atoms with E-state index in [4.69, 9.17) is 0 Å². The van der Waals surface area contributed by atoms with Crippen LogP contribution in [-0.2, 0) is 10.0 Å². The Labute approximate surface area is 119 Å². The maximum atomic E-state index is 13.4. The zero-order valence-corrected chi connectivity index (χ0v) is 12.3. The Balaban J connectivity index is 2.05. The van der Waals surface area contributed by atoms with Gasteiger partial charge in [0, 0.05) is 13.2 Å². The maximum absolute atomic E-state index is 13.4. The van der Waals surface area contributed by atoms with Crippen LogP contribution in [0.5, 0.6) is 0 Å². The monoisotopic (exact) mass is 301 g/mol. The topological polar surface area (TPSA) is 66.4 Å². The highest BCUT2D eigenvalue weighted by Gasteiger charge is 2.28. The molecule has 2 atom stereocenters. The van der Waals surface area contributed by atoms with Gasteiger partial charge in [0.25, 0.3) is 0 Å². The number of aryl methyl sites for hydroxylation is 1. The number of benzene rings is 1. The molecule has 20 heavy (non-hydrogen) atoms. The lowest BCUT2D eigenvalue weighted by molar-refractivity contribution is 0.195. The van der Waals surface area contributed by atoms with Crippen LogP contribution in [0.25, 0.3) is 0 Å². The summed E-state index contributed by atoms with van der Waals surface area (Å²) in [5.74, 6) is -0.209. The molecule has 1 aromatic carbocycles. The van der Waals surface area contributed by atoms with Crippen molar-refractivity contribution in [2.75, 3.05) is 13.2 Å². The Morgan fingerprint density at radius 1 is 1.35 bits per heavy atom. The third-order valence-electron chi connectivity index (χ3n) is 4.04. The van der Waals surface area contributed by atoms with Gasteiger partial charge in [-0.1, -0.05) is 12.5 Å². The molecule has 1 aromatic rings. The molecule has 112 valence electrons. The largest absolute Gasteiger partial charge is 0.396 e. The highest BCUT2D eigenvalue weighted by molar-refractivity contribution is 7.89. The van der Waals surface area contributed by atoms with Gasteiger partial charge in [0.1, 0.15) is 5.82 Å². The molecule has 6 heteroatoms. The number of halogens is 1. The zero-order chi connectivity index (χ0) is 14.8. The standard InChI is InChI=1S/C14H20FNO3S/c1-10-5-6-13(7-14(10)15)20(18,19)16-8-11-3-2-4-12(11)9-17/h5-7,11-12,16-17H,2-4,8-9H2,1H3. The van der Waals surface area contributed by atoms with E-state index >= 15 is 0 Å². The van der Waals surface area contributed by atoms with Crippen LogP contribution in [-0.4, -0.2) is 26.7 Å². The van der Waals surface area contributed by atoms with E-state index in [1.807, 2.05) is 0 Å². The lowest BCUT2D eigenvalue weighted by Crippen LogP contribution is -2.31. The Hall–Kier alpha value is -0.980. The van der Waals surface area contributed by atoms with E-state index in [1.54, 1.807) is 6.92 Å². The molecule has 0 saturated heterocycles. The summed E-state index contributed by atoms with van der Waals surface area (Å²) in [7, 11) is -3.69. The van der Waals surface area contributed by atoms with Crippen LogP contribution in [0.4, 0.5) is 4.39 Å². The summed E-state index contributed by atoms with van der Waals surface area (Å²) in [6, 6.07) is 3.89. The van der Waals surface area contributed by atoms with Crippen molar-refractivity contribution in [2.24, 2.45) is 11.8 Å². The molecule has 2 N–H and O–H groups in total. The number of hydrogen-bond donors (Lipinski definition) is 2. The van der Waals surface area contributed by atoms with E-state index in [0.29, 0.717) is 12.1 Å². The first-order valence-corrected chi connectivity index (χ1v) is 8.29. The van der Waals surface area contributed by atoms with Crippen LogP contribution in [0, 0.1) is 24.6 Å². The minimum Gasteiger partial charge on any atom is -0.396 e. The van der Waals surface area contributed by atoms with E-state index in [0.717, 1.165) is 25.3 Å². The smallest absolute Gasteiger partial charge is 0.240 e. The number of nitrogens with one attached hydrogen (secondary N) is 1. The second kappa shape index (κ2) is 6.20. The van der Waals surface area contributed by atoms with E-state index in [2.05, 4.69) is 4.72 Å². The lowest BCUT2D eigenvalue weighted by atomic mass is 9.97. The van der Waals surface area contributed by atoms with E-state index in [9.17, 15) is 17.9 Å². The van der Waals surface area contributed by atoms with Crippen LogP contribution in [0.2, 0.25) is 0 Å². The molecule has 0 bridgehead atoms. The number of aliphatic hydroxyl groups is 1. The van der Waals surface area contributed by atoms with Crippen LogP contribution < -0.4 is 4.72 Å². The summed E-state index contributed by atoms with van der Waals surface area (Å²) in [4.78, 5) is -0.0563. The van der Waals surface area contributed by atoms with Crippen molar-refractivity contribution >= 4 is 10.0 Å². The molecule has 0 amide bonds. The Morgan fingerprint density at radius 2 is 2.05 bits per heavy atom. The van der Waals surface area contributed by atoms with Crippen molar-refractivity contribution in [3.63, 3.8) is 0 Å². The van der Waals surface area contributed by atoms with Crippen molar-refractivity contribution in [2.45, 2.75) is 31.1 Å². The van der Waals surface area contributed by atoms with Crippen molar-refractivity contribution in [1.82, 2.24) is 4.72 Å². The third kappa shape index (κ3) is 3.37. The molecule has 0 spiro atoms. The van der Waals surface area contributed by atoms with Gasteiger partial charge >= 0.3 is 0 Å². The molecule has 1 aliphatic carbocycles. The first-order valence-electron chi connectivity index (χ1n) is 6.80. The molecular formula is C14H20FNO3S. The lowest BCUT2D eigenvalue weighted by Gasteiger charge is -2.18. The average Bonchev–Trinajstić information content (AvgIpc) is 2.87. The molecule has 2 unspecified atom stereocenters. The van der Waals surface area contributed by atoms with Gasteiger partial charge in [-0.3, -0.25) is 0 Å². The summed E-state index contributed by atoms with van der Waals surface area (Å²) in [6.45, 7) is 1.97. The normalized spacial score (nSPS) is 23.1. The Morgan fingerprint density at radius 3 is 2.70 bits per heavy atom. The summed E-state index contributed by atoms with van der Waals surface area (Å²) >= 11 is 0. The molecular weight excluding hydrogens is 281 g/mol. The van der Waals surface area contributed by atoms with Crippen LogP contribution >= 0.6 is 0 Å². The second-order valence-electron chi connectivity index (χ2n) is 5.40. The predicted molar refractivity (Wildman–Crippen MR) is 74.2 cm³/mol. The van der Waals surface area contributed by atoms with Gasteiger partial charge < -0.3 is 5.11 Å². The number of aliphatic hydroxyl groups excluding tert-OH is 1. The van der Waals surface area contributed by atoms with Crippen molar-refractivity contribution < 1.29 is 17.9 Å². The minimum atomic E-state index is -3.69. The quantitative estimate of drug-likeness (QED) is 0.872. The molecule has 0 radical (unpaired) electrons. The molecule has 1 fully saturated rings. The maximum Gasteiger partial charge on any atom is 0.240 e. The van der Waals surface area contributed by atoms with Gasteiger partial charge in [-0.05, 0) is 49.3 Å². The van der Waals surface area contributed by atoms with Gasteiger partial charge in [0.2, 0.25) is 10.0 Å². The summed E-state index contributed by atoms with van der Waals surface area (Å²) in [6.07, 6.45) is 2.86. The van der Waals surface area contributed by atoms with E-state index < -0.39 is 15.8 Å². The van der Waals surface area contributed by atoms with Crippen LogP contribution in [0.3, 0.4) is 0 Å². The molecule has 1 saturated carbocycles. The third-order valence-corrected chi connectivity index (χ3v) is 5.46. The molecule has 0 aromatic heterocycles. The van der Waals surface area contributed by atoms with Crippen molar-refractivity contribution in [1.29, 1.82) is 0 Å². The fraction of sp³-hybridized carbons (Fsp3) is 0.571. The zero-order valence-electron chi connectivity index (χ0n) is 11.5. The fourth-order valence-corrected chi connectivity index (χ4v) is 3.77. The highest BCUT2D eigenvalue weighted by atomic mass is 32.2. The fourth-order valence-electron chi connectivity index (χ4n) is 2.66. The van der Waals surface area contributed by atoms with E-state index in [-0.39, 0.29) is 23.3 Å². The molecule has 4 nitrogen and oxygen atoms in total. The Kier molecular flexibility index (Phi) is 4.78. The number of rotatable bonds is 5. The number of hydrogen-bond acceptors (Lipinski definition) is 3. The van der Waals surface area contributed by atoms with Gasteiger partial charge in [0.05, 0.1) is 4.90 Å². The molecule has 0 aliphatic heterocycles. The van der Waals surface area contributed by atoms with Gasteiger partial charge in [0.15, 0.2) is 0 Å². The van der Waals surface area contributed by atoms with Crippen LogP contribution in [0.15, 0.2) is 23.1 Å². The molecule has 0 heterocycles. The first kappa shape index (κ1) is 15.4. The molecule has 2 rings (SSSR count). The summed E-state index contributed by atoms with van der Waals surface area (Å²) < 4.78 is 40.2. The van der Waals surface area contributed by atoms with Gasteiger partial charge in [-0.2, -0.15) is 0 Å². The average molecular weight is 301 g/mol. The van der Waals surface area contributed by atoms with Gasteiger partial charge in [-0.25, -0.2) is 17.5 Å². The Bertz CT molecular complexity index is 574. The van der Waals surface area contributed by atoms with E-state index in [1.165, 1.54) is 12.1 Å². The number of sulfonamides is 1. The van der Waals surface area contributed by atoms with Crippen molar-refractivity contribution in [3.8, 4) is 0 Å². The van der Waals surface area contributed by atoms with Gasteiger partial charge in [-0.15, -0.1) is 0 Å². The SMILES string of the molecule is Cc1ccc(S(=O)(=O)NCC2CCCC2CO)cc1F. The molecule has 1 aliphatic rings. The van der Waals surface area contributed by atoms with Crippen molar-refractivity contribution in [3.05, 3.63) is 29.6 Å². The summed E-state index contributed by atoms with van der Waals surface area (Å²) in [5.41, 5.74) is 0.417. The summed E-state index contributed by atoms with van der Waals surface area (Å²) in [5, 5.41) is 9.22. The highest BCUT2D eigenvalue weighted by Crippen LogP contribution is 2.31. The minimum absolute atomic E-state index is 0.0563. The predicted octanol–water partition coefficient (Wildman–Crippen LogP) is 1.82.